The van der Waals surface area contributed by atoms with Crippen LogP contribution in [0.1, 0.15) is 28.8 Å². The van der Waals surface area contributed by atoms with Crippen molar-refractivity contribution in [2.75, 3.05) is 18.8 Å². The number of aryl methyl sites for hydroxylation is 1. The summed E-state index contributed by atoms with van der Waals surface area (Å²) in [4.78, 5) is 14.1. The molecule has 1 heterocycles. The highest BCUT2D eigenvalue weighted by atomic mass is 16.2. The summed E-state index contributed by atoms with van der Waals surface area (Å²) in [6, 6.07) is 5.68. The molecule has 0 atom stereocenters. The molecule has 4 nitrogen and oxygen atoms in total. The van der Waals surface area contributed by atoms with Crippen molar-refractivity contribution in [1.29, 1.82) is 0 Å². The number of anilines is 1. The van der Waals surface area contributed by atoms with Gasteiger partial charge >= 0.3 is 0 Å². The van der Waals surface area contributed by atoms with Gasteiger partial charge in [0.15, 0.2) is 0 Å². The number of carbonyl (C=O) groups excluding carboxylic acids is 1. The van der Waals surface area contributed by atoms with E-state index in [0.717, 1.165) is 37.2 Å². The predicted molar refractivity (Wildman–Crippen MR) is 68.7 cm³/mol. The number of nitrogen functional groups attached to an aromatic ring is 1. The van der Waals surface area contributed by atoms with Gasteiger partial charge in [0, 0.05) is 30.4 Å². The predicted octanol–water partition coefficient (Wildman–Crippen LogP) is 1.14. The van der Waals surface area contributed by atoms with Gasteiger partial charge in [-0.15, -0.1) is 0 Å². The summed E-state index contributed by atoms with van der Waals surface area (Å²) in [5.41, 5.74) is 14.0. The maximum absolute atomic E-state index is 12.2. The monoisotopic (exact) mass is 233 g/mol. The van der Waals surface area contributed by atoms with E-state index in [0.29, 0.717) is 5.56 Å². The minimum Gasteiger partial charge on any atom is -0.399 e. The van der Waals surface area contributed by atoms with E-state index < -0.39 is 0 Å². The van der Waals surface area contributed by atoms with Gasteiger partial charge in [-0.3, -0.25) is 4.79 Å². The topological polar surface area (TPSA) is 72.3 Å². The van der Waals surface area contributed by atoms with Crippen LogP contribution in [0.15, 0.2) is 18.2 Å². The number of piperidine rings is 1. The first-order valence-electron chi connectivity index (χ1n) is 5.99. The minimum absolute atomic E-state index is 0.0833. The molecule has 1 aromatic rings. The van der Waals surface area contributed by atoms with Crippen molar-refractivity contribution in [1.82, 2.24) is 4.90 Å². The Bertz CT molecular complexity index is 423. The Morgan fingerprint density at radius 2 is 2.00 bits per heavy atom. The minimum atomic E-state index is 0.0833. The van der Waals surface area contributed by atoms with E-state index in [4.69, 9.17) is 11.5 Å². The second kappa shape index (κ2) is 4.75. The van der Waals surface area contributed by atoms with Gasteiger partial charge in [-0.05, 0) is 43.5 Å². The number of nitrogens with zero attached hydrogens (tertiary/aromatic N) is 1. The fourth-order valence-electron chi connectivity index (χ4n) is 2.09. The van der Waals surface area contributed by atoms with Crippen molar-refractivity contribution < 1.29 is 4.79 Å². The van der Waals surface area contributed by atoms with Crippen molar-refractivity contribution in [3.63, 3.8) is 0 Å². The van der Waals surface area contributed by atoms with Crippen LogP contribution in [0.25, 0.3) is 0 Å². The molecule has 1 amide bonds. The van der Waals surface area contributed by atoms with E-state index in [-0.39, 0.29) is 11.9 Å². The summed E-state index contributed by atoms with van der Waals surface area (Å²) in [6.07, 6.45) is 1.78. The maximum Gasteiger partial charge on any atom is 0.253 e. The molecule has 17 heavy (non-hydrogen) atoms. The van der Waals surface area contributed by atoms with Crippen LogP contribution < -0.4 is 11.5 Å². The summed E-state index contributed by atoms with van der Waals surface area (Å²) < 4.78 is 0. The molecule has 0 radical (unpaired) electrons. The molecule has 1 saturated heterocycles. The third-order valence-electron chi connectivity index (χ3n) is 3.34. The zero-order valence-corrected chi connectivity index (χ0v) is 10.1. The van der Waals surface area contributed by atoms with Crippen LogP contribution in [0.5, 0.6) is 0 Å². The molecular weight excluding hydrogens is 214 g/mol. The van der Waals surface area contributed by atoms with Gasteiger partial charge < -0.3 is 16.4 Å². The van der Waals surface area contributed by atoms with Gasteiger partial charge in [-0.2, -0.15) is 0 Å². The van der Waals surface area contributed by atoms with E-state index in [9.17, 15) is 4.79 Å². The molecule has 0 aliphatic carbocycles. The Morgan fingerprint density at radius 1 is 1.35 bits per heavy atom. The van der Waals surface area contributed by atoms with Gasteiger partial charge in [-0.25, -0.2) is 0 Å². The first-order chi connectivity index (χ1) is 8.08. The SMILES string of the molecule is Cc1cc(C(=O)N2CCC(N)CC2)ccc1N. The highest BCUT2D eigenvalue weighted by Gasteiger charge is 2.21. The Morgan fingerprint density at radius 3 is 2.59 bits per heavy atom. The van der Waals surface area contributed by atoms with Crippen LogP contribution in [-0.4, -0.2) is 29.9 Å². The quantitative estimate of drug-likeness (QED) is 0.714. The Balaban J connectivity index is 2.11. The van der Waals surface area contributed by atoms with Crippen LogP contribution >= 0.6 is 0 Å². The molecule has 0 saturated carbocycles. The second-order valence-corrected chi connectivity index (χ2v) is 4.70. The number of hydrogen-bond acceptors (Lipinski definition) is 3. The molecule has 0 spiro atoms. The average Bonchev–Trinajstić information content (AvgIpc) is 2.33. The average molecular weight is 233 g/mol. The first kappa shape index (κ1) is 11.9. The Kier molecular flexibility index (Phi) is 3.33. The second-order valence-electron chi connectivity index (χ2n) is 4.70. The van der Waals surface area contributed by atoms with Crippen LogP contribution in [0.4, 0.5) is 5.69 Å². The fourth-order valence-corrected chi connectivity index (χ4v) is 2.09. The van der Waals surface area contributed by atoms with Gasteiger partial charge in [0.2, 0.25) is 0 Å². The van der Waals surface area contributed by atoms with E-state index in [1.165, 1.54) is 0 Å². The van der Waals surface area contributed by atoms with Gasteiger partial charge in [0.1, 0.15) is 0 Å². The first-order valence-corrected chi connectivity index (χ1v) is 5.99. The number of likely N-dealkylation sites (tertiary alicyclic amines) is 1. The molecule has 1 fully saturated rings. The van der Waals surface area contributed by atoms with Crippen LogP contribution in [0.2, 0.25) is 0 Å². The number of benzene rings is 1. The lowest BCUT2D eigenvalue weighted by Gasteiger charge is -2.30. The number of carbonyl (C=O) groups is 1. The van der Waals surface area contributed by atoms with E-state index in [1.807, 2.05) is 17.9 Å². The smallest absolute Gasteiger partial charge is 0.253 e. The zero-order valence-electron chi connectivity index (χ0n) is 10.1. The van der Waals surface area contributed by atoms with Gasteiger partial charge in [-0.1, -0.05) is 0 Å². The summed E-state index contributed by atoms with van der Waals surface area (Å²) in [6.45, 7) is 3.42. The molecule has 2 rings (SSSR count). The van der Waals surface area contributed by atoms with Crippen molar-refractivity contribution >= 4 is 11.6 Å². The Labute approximate surface area is 102 Å². The molecule has 4 N–H and O–H groups in total. The number of rotatable bonds is 1. The highest BCUT2D eigenvalue weighted by molar-refractivity contribution is 5.95. The third-order valence-corrected chi connectivity index (χ3v) is 3.34. The molecule has 1 aliphatic heterocycles. The highest BCUT2D eigenvalue weighted by Crippen LogP contribution is 2.16. The largest absolute Gasteiger partial charge is 0.399 e. The molecule has 1 aromatic carbocycles. The lowest BCUT2D eigenvalue weighted by atomic mass is 10.0. The van der Waals surface area contributed by atoms with E-state index in [2.05, 4.69) is 0 Å². The van der Waals surface area contributed by atoms with Crippen molar-refractivity contribution in [3.05, 3.63) is 29.3 Å². The maximum atomic E-state index is 12.2. The molecule has 1 aliphatic rings. The number of hydrogen-bond donors (Lipinski definition) is 2. The van der Waals surface area contributed by atoms with Crippen molar-refractivity contribution in [3.8, 4) is 0 Å². The molecule has 4 heteroatoms. The molecular formula is C13H19N3O. The standard InChI is InChI=1S/C13H19N3O/c1-9-8-10(2-3-12(9)15)13(17)16-6-4-11(14)5-7-16/h2-3,8,11H,4-7,14-15H2,1H3. The summed E-state index contributed by atoms with van der Waals surface area (Å²) in [5.74, 6) is 0.0833. The molecule has 0 unspecified atom stereocenters. The lowest BCUT2D eigenvalue weighted by Crippen LogP contribution is -2.42. The molecule has 0 bridgehead atoms. The van der Waals surface area contributed by atoms with Crippen molar-refractivity contribution in [2.45, 2.75) is 25.8 Å². The third kappa shape index (κ3) is 2.58. The van der Waals surface area contributed by atoms with Crippen LogP contribution in [-0.2, 0) is 0 Å². The normalized spacial score (nSPS) is 17.2. The van der Waals surface area contributed by atoms with Crippen molar-refractivity contribution in [2.24, 2.45) is 5.73 Å². The summed E-state index contributed by atoms with van der Waals surface area (Å²) >= 11 is 0. The van der Waals surface area contributed by atoms with E-state index >= 15 is 0 Å². The molecule has 0 aromatic heterocycles. The number of nitrogens with two attached hydrogens (primary N) is 2. The number of amides is 1. The van der Waals surface area contributed by atoms with Crippen LogP contribution in [0.3, 0.4) is 0 Å². The summed E-state index contributed by atoms with van der Waals surface area (Å²) in [7, 11) is 0. The van der Waals surface area contributed by atoms with Crippen LogP contribution in [0, 0.1) is 6.92 Å². The summed E-state index contributed by atoms with van der Waals surface area (Å²) in [5, 5.41) is 0. The lowest BCUT2D eigenvalue weighted by molar-refractivity contribution is 0.0714. The Hall–Kier alpha value is -1.55. The van der Waals surface area contributed by atoms with Gasteiger partial charge in [0.25, 0.3) is 5.91 Å². The molecule has 92 valence electrons. The zero-order chi connectivity index (χ0) is 12.4. The fraction of sp³-hybridized carbons (Fsp3) is 0.462. The van der Waals surface area contributed by atoms with E-state index in [1.54, 1.807) is 12.1 Å². The van der Waals surface area contributed by atoms with Gasteiger partial charge in [0.05, 0.1) is 0 Å².